The van der Waals surface area contributed by atoms with Crippen molar-refractivity contribution in [2.24, 2.45) is 0 Å². The fraction of sp³-hybridized carbons (Fsp3) is 0.250. The molecule has 0 aliphatic carbocycles. The molecule has 6 heteroatoms. The van der Waals surface area contributed by atoms with Gasteiger partial charge in [0, 0.05) is 46.9 Å². The summed E-state index contributed by atoms with van der Waals surface area (Å²) in [4.78, 5) is 18.7. The van der Waals surface area contributed by atoms with Gasteiger partial charge < -0.3 is 24.5 Å². The molecular weight excluding hydrogens is 428 g/mol. The molecule has 0 amide bonds. The van der Waals surface area contributed by atoms with Crippen molar-refractivity contribution in [2.75, 3.05) is 18.6 Å². The highest BCUT2D eigenvalue weighted by atomic mass is 16.6. The van der Waals surface area contributed by atoms with Gasteiger partial charge in [0.05, 0.1) is 7.11 Å². The highest BCUT2D eigenvalue weighted by Crippen LogP contribution is 2.52. The summed E-state index contributed by atoms with van der Waals surface area (Å²) in [6.07, 6.45) is 2.19. The zero-order valence-corrected chi connectivity index (χ0v) is 18.9. The predicted molar refractivity (Wildman–Crippen MR) is 130 cm³/mol. The van der Waals surface area contributed by atoms with E-state index in [0.717, 1.165) is 29.7 Å². The number of aliphatic hydroxyl groups is 1. The van der Waals surface area contributed by atoms with Crippen LogP contribution in [0, 0.1) is 0 Å². The number of para-hydroxylation sites is 2. The number of carbonyl (C=O) groups is 1. The zero-order chi connectivity index (χ0) is 23.3. The van der Waals surface area contributed by atoms with Crippen molar-refractivity contribution in [2.45, 2.75) is 30.8 Å². The number of Topliss-reactive ketones (excluding diaryl/α,β-unsaturated/α-hetero) is 1. The first kappa shape index (κ1) is 21.0. The number of hydrogen-bond acceptors (Lipinski definition) is 5. The number of aromatic amines is 1. The van der Waals surface area contributed by atoms with E-state index in [1.54, 1.807) is 31.4 Å². The van der Waals surface area contributed by atoms with Crippen LogP contribution >= 0.6 is 0 Å². The summed E-state index contributed by atoms with van der Waals surface area (Å²) in [6.45, 7) is 0.753. The number of fused-ring (bicyclic) bond motifs is 3. The van der Waals surface area contributed by atoms with Crippen molar-refractivity contribution in [1.82, 2.24) is 4.98 Å². The molecule has 3 aromatic carbocycles. The highest BCUT2D eigenvalue weighted by molar-refractivity contribution is 5.97. The van der Waals surface area contributed by atoms with E-state index in [0.29, 0.717) is 11.3 Å². The van der Waals surface area contributed by atoms with Crippen LogP contribution in [0.2, 0.25) is 0 Å². The Morgan fingerprint density at radius 2 is 1.85 bits per heavy atom. The number of rotatable bonds is 7. The summed E-state index contributed by atoms with van der Waals surface area (Å²) in [6, 6.07) is 23.1. The quantitative estimate of drug-likeness (QED) is 0.319. The number of nitrogens with one attached hydrogen (secondary N) is 1. The lowest BCUT2D eigenvalue weighted by atomic mass is 9.80. The van der Waals surface area contributed by atoms with E-state index in [1.165, 1.54) is 10.9 Å². The van der Waals surface area contributed by atoms with Gasteiger partial charge in [-0.2, -0.15) is 0 Å². The minimum absolute atomic E-state index is 0.0339. The van der Waals surface area contributed by atoms with Crippen LogP contribution in [0.1, 0.15) is 27.9 Å². The van der Waals surface area contributed by atoms with E-state index in [9.17, 15) is 9.90 Å². The average molecular weight is 455 g/mol. The lowest BCUT2D eigenvalue weighted by molar-refractivity contribution is 0.00233. The predicted octanol–water partition coefficient (Wildman–Crippen LogP) is 4.42. The lowest BCUT2D eigenvalue weighted by Gasteiger charge is -2.37. The molecule has 0 saturated carbocycles. The number of epoxide rings is 1. The maximum atomic E-state index is 13.1. The van der Waals surface area contributed by atoms with Gasteiger partial charge in [-0.1, -0.05) is 36.4 Å². The standard InChI is InChI=1S/C28H26N2O4/c1-33-20-12-10-18(11-13-20)25(31)16-28(32)22-7-3-5-9-24(22)30(27-26(28)34-27)15-14-19-17-29-23-8-4-2-6-21(19)23/h2-13,17,26-27,29,32H,14-16H2,1H3/t26?,27?,28-/m1/s1. The van der Waals surface area contributed by atoms with Crippen LogP contribution in [0.5, 0.6) is 5.75 Å². The maximum absolute atomic E-state index is 13.1. The molecule has 172 valence electrons. The van der Waals surface area contributed by atoms with Crippen LogP contribution in [0.25, 0.3) is 10.9 Å². The van der Waals surface area contributed by atoms with Gasteiger partial charge in [-0.25, -0.2) is 0 Å². The molecule has 6 rings (SSSR count). The number of benzene rings is 3. The first-order chi connectivity index (χ1) is 16.6. The Hall–Kier alpha value is -3.61. The number of nitrogens with zero attached hydrogens (tertiary/aromatic N) is 1. The number of anilines is 1. The summed E-state index contributed by atoms with van der Waals surface area (Å²) in [7, 11) is 1.59. The number of methoxy groups -OCH3 is 1. The molecule has 3 atom stereocenters. The van der Waals surface area contributed by atoms with Gasteiger partial charge >= 0.3 is 0 Å². The summed E-state index contributed by atoms with van der Waals surface area (Å²) in [5.74, 6) is 0.566. The summed E-state index contributed by atoms with van der Waals surface area (Å²) >= 11 is 0. The van der Waals surface area contributed by atoms with Crippen LogP contribution in [-0.4, -0.2) is 41.9 Å². The van der Waals surface area contributed by atoms with Gasteiger partial charge in [-0.15, -0.1) is 0 Å². The van der Waals surface area contributed by atoms with Gasteiger partial charge in [0.1, 0.15) is 17.5 Å². The fourth-order valence-corrected chi connectivity index (χ4v) is 5.22. The van der Waals surface area contributed by atoms with E-state index < -0.39 is 11.7 Å². The smallest absolute Gasteiger partial charge is 0.166 e. The monoisotopic (exact) mass is 454 g/mol. The summed E-state index contributed by atoms with van der Waals surface area (Å²) in [5, 5.41) is 13.0. The Morgan fingerprint density at radius 1 is 1.09 bits per heavy atom. The minimum atomic E-state index is -1.37. The third-order valence-electron chi connectivity index (χ3n) is 7.07. The van der Waals surface area contributed by atoms with Crippen LogP contribution in [0.4, 0.5) is 5.69 Å². The SMILES string of the molecule is COc1ccc(C(=O)C[C@@]2(O)c3ccccc3N(CCc3c[nH]c4ccccc34)C3OC32)cc1. The van der Waals surface area contributed by atoms with E-state index in [2.05, 4.69) is 34.3 Å². The van der Waals surface area contributed by atoms with E-state index in [4.69, 9.17) is 9.47 Å². The molecule has 2 aliphatic rings. The minimum Gasteiger partial charge on any atom is -0.497 e. The second kappa shape index (κ2) is 8.01. The van der Waals surface area contributed by atoms with Crippen molar-refractivity contribution in [3.05, 3.63) is 95.7 Å². The van der Waals surface area contributed by atoms with Crippen LogP contribution < -0.4 is 9.64 Å². The molecule has 1 saturated heterocycles. The second-order valence-corrected chi connectivity index (χ2v) is 9.02. The number of ketones is 1. The molecule has 0 bridgehead atoms. The molecule has 2 unspecified atom stereocenters. The number of aromatic nitrogens is 1. The Labute approximate surface area is 197 Å². The molecule has 1 fully saturated rings. The normalized spacial score (nSPS) is 22.8. The van der Waals surface area contributed by atoms with Crippen molar-refractivity contribution in [3.63, 3.8) is 0 Å². The highest BCUT2D eigenvalue weighted by Gasteiger charge is 2.62. The van der Waals surface area contributed by atoms with Crippen molar-refractivity contribution < 1.29 is 19.4 Å². The molecule has 6 nitrogen and oxygen atoms in total. The Morgan fingerprint density at radius 3 is 2.68 bits per heavy atom. The third kappa shape index (κ3) is 3.38. The van der Waals surface area contributed by atoms with E-state index in [1.807, 2.05) is 30.3 Å². The van der Waals surface area contributed by atoms with Gasteiger partial charge in [-0.05, 0) is 48.4 Å². The average Bonchev–Trinajstić information content (AvgIpc) is 3.58. The number of ether oxygens (including phenoxy) is 2. The largest absolute Gasteiger partial charge is 0.497 e. The van der Waals surface area contributed by atoms with Gasteiger partial charge in [-0.3, -0.25) is 4.79 Å². The molecule has 34 heavy (non-hydrogen) atoms. The molecule has 2 aliphatic heterocycles. The second-order valence-electron chi connectivity index (χ2n) is 9.02. The van der Waals surface area contributed by atoms with Crippen molar-refractivity contribution in [1.29, 1.82) is 0 Å². The first-order valence-electron chi connectivity index (χ1n) is 11.5. The van der Waals surface area contributed by atoms with Gasteiger partial charge in [0.25, 0.3) is 0 Å². The lowest BCUT2D eigenvalue weighted by Crippen LogP contribution is -2.46. The van der Waals surface area contributed by atoms with E-state index >= 15 is 0 Å². The topological polar surface area (TPSA) is 78.1 Å². The molecule has 1 aromatic heterocycles. The number of H-pyrrole nitrogens is 1. The maximum Gasteiger partial charge on any atom is 0.166 e. The van der Waals surface area contributed by atoms with E-state index in [-0.39, 0.29) is 18.4 Å². The fourth-order valence-electron chi connectivity index (χ4n) is 5.22. The van der Waals surface area contributed by atoms with Crippen molar-refractivity contribution in [3.8, 4) is 5.75 Å². The molecule has 0 spiro atoms. The van der Waals surface area contributed by atoms with Crippen LogP contribution in [0.15, 0.2) is 79.0 Å². The number of carbonyl (C=O) groups excluding carboxylic acids is 1. The Kier molecular flexibility index (Phi) is 4.94. The summed E-state index contributed by atoms with van der Waals surface area (Å²) < 4.78 is 11.2. The van der Waals surface area contributed by atoms with Crippen LogP contribution in [-0.2, 0) is 16.8 Å². The van der Waals surface area contributed by atoms with Crippen molar-refractivity contribution >= 4 is 22.4 Å². The molecule has 4 aromatic rings. The Bertz CT molecular complexity index is 1360. The molecular formula is C28H26N2O4. The molecule has 0 radical (unpaired) electrons. The molecule has 2 N–H and O–H groups in total. The molecule has 3 heterocycles. The summed E-state index contributed by atoms with van der Waals surface area (Å²) in [5.41, 5.74) is 3.23. The first-order valence-corrected chi connectivity index (χ1v) is 11.5. The Balaban J connectivity index is 1.26. The number of hydrogen-bond donors (Lipinski definition) is 2. The van der Waals surface area contributed by atoms with Gasteiger partial charge in [0.15, 0.2) is 12.0 Å². The van der Waals surface area contributed by atoms with Crippen LogP contribution in [0.3, 0.4) is 0 Å². The third-order valence-corrected chi connectivity index (χ3v) is 7.07. The van der Waals surface area contributed by atoms with Gasteiger partial charge in [0.2, 0.25) is 0 Å². The zero-order valence-electron chi connectivity index (χ0n) is 18.9.